The summed E-state index contributed by atoms with van der Waals surface area (Å²) in [5, 5.41) is 9.44. The summed E-state index contributed by atoms with van der Waals surface area (Å²) in [6.45, 7) is 5.50. The highest BCUT2D eigenvalue weighted by molar-refractivity contribution is 8.00. The third-order valence-electron chi connectivity index (χ3n) is 3.82. The van der Waals surface area contributed by atoms with Gasteiger partial charge in [0.15, 0.2) is 0 Å². The number of urea groups is 1. The molecule has 0 spiro atoms. The van der Waals surface area contributed by atoms with Gasteiger partial charge in [0.25, 0.3) is 0 Å². The molecule has 2 aliphatic rings. The van der Waals surface area contributed by atoms with Crippen LogP contribution in [0.15, 0.2) is 0 Å². The number of carbonyl (C=O) groups excluding carboxylic acids is 1. The van der Waals surface area contributed by atoms with Crippen LogP contribution in [0.5, 0.6) is 0 Å². The number of hydrogen-bond acceptors (Lipinski definition) is 3. The molecule has 1 saturated heterocycles. The topological polar surface area (TPSA) is 60.9 Å². The van der Waals surface area contributed by atoms with Crippen LogP contribution in [0, 0.1) is 5.92 Å². The van der Waals surface area contributed by atoms with Crippen molar-refractivity contribution < 1.29 is 14.7 Å². The summed E-state index contributed by atoms with van der Waals surface area (Å²) < 4.78 is 0. The quantitative estimate of drug-likeness (QED) is 0.818. The number of amides is 2. The Kier molecular flexibility index (Phi) is 5.18. The molecule has 2 rings (SSSR count). The molecule has 0 aromatic heterocycles. The average molecular weight is 300 g/mol. The van der Waals surface area contributed by atoms with Gasteiger partial charge < -0.3 is 10.0 Å². The third kappa shape index (κ3) is 3.22. The lowest BCUT2D eigenvalue weighted by atomic mass is 10.2. The molecule has 20 heavy (non-hydrogen) atoms. The van der Waals surface area contributed by atoms with E-state index < -0.39 is 12.0 Å². The van der Waals surface area contributed by atoms with Gasteiger partial charge >= 0.3 is 12.0 Å². The average Bonchev–Trinajstić information content (AvgIpc) is 3.16. The summed E-state index contributed by atoms with van der Waals surface area (Å²) in [5.74, 6) is 0.147. The Balaban J connectivity index is 2.14. The molecule has 2 amide bonds. The molecule has 1 aliphatic carbocycles. The van der Waals surface area contributed by atoms with Crippen molar-refractivity contribution in [2.45, 2.75) is 50.9 Å². The highest BCUT2D eigenvalue weighted by Crippen LogP contribution is 2.45. The van der Waals surface area contributed by atoms with Gasteiger partial charge in [-0.25, -0.2) is 9.59 Å². The van der Waals surface area contributed by atoms with Crippen molar-refractivity contribution in [3.63, 3.8) is 0 Å². The summed E-state index contributed by atoms with van der Waals surface area (Å²) in [7, 11) is 0. The lowest BCUT2D eigenvalue weighted by Crippen LogP contribution is -2.52. The Hall–Kier alpha value is -0.910. The second-order valence-electron chi connectivity index (χ2n) is 5.59. The first-order valence-electron chi connectivity index (χ1n) is 7.51. The third-order valence-corrected chi connectivity index (χ3v) is 5.29. The monoisotopic (exact) mass is 300 g/mol. The van der Waals surface area contributed by atoms with E-state index >= 15 is 0 Å². The minimum absolute atomic E-state index is 0.0693. The van der Waals surface area contributed by atoms with E-state index in [1.54, 1.807) is 16.7 Å². The fourth-order valence-electron chi connectivity index (χ4n) is 2.71. The molecule has 5 nitrogen and oxygen atoms in total. The van der Waals surface area contributed by atoms with Crippen LogP contribution in [-0.2, 0) is 4.79 Å². The number of carboxylic acids is 1. The van der Waals surface area contributed by atoms with E-state index in [0.717, 1.165) is 25.7 Å². The smallest absolute Gasteiger partial charge is 0.327 e. The maximum atomic E-state index is 12.8. The van der Waals surface area contributed by atoms with Crippen molar-refractivity contribution in [1.29, 1.82) is 0 Å². The van der Waals surface area contributed by atoms with Crippen molar-refractivity contribution in [1.82, 2.24) is 9.80 Å². The van der Waals surface area contributed by atoms with E-state index in [2.05, 4.69) is 0 Å². The maximum absolute atomic E-state index is 12.8. The van der Waals surface area contributed by atoms with Crippen molar-refractivity contribution in [2.24, 2.45) is 5.92 Å². The molecule has 0 bridgehead atoms. The summed E-state index contributed by atoms with van der Waals surface area (Å²) in [5.41, 5.74) is 0. The number of hydrogen-bond donors (Lipinski definition) is 1. The predicted molar refractivity (Wildman–Crippen MR) is 79.8 cm³/mol. The van der Waals surface area contributed by atoms with E-state index in [1.165, 1.54) is 0 Å². The molecule has 1 heterocycles. The Bertz CT molecular complexity index is 367. The highest BCUT2D eigenvalue weighted by Gasteiger charge is 2.48. The van der Waals surface area contributed by atoms with E-state index in [9.17, 15) is 14.7 Å². The van der Waals surface area contributed by atoms with E-state index in [1.807, 2.05) is 18.7 Å². The molecule has 0 radical (unpaired) electrons. The molecule has 2 atom stereocenters. The maximum Gasteiger partial charge on any atom is 0.327 e. The summed E-state index contributed by atoms with van der Waals surface area (Å²) in [6, 6.07) is -0.739. The molecule has 0 aromatic rings. The molecule has 1 N–H and O–H groups in total. The summed E-state index contributed by atoms with van der Waals surface area (Å²) in [6.07, 6.45) is 4.04. The molecule has 2 fully saturated rings. The van der Waals surface area contributed by atoms with Crippen LogP contribution in [0.25, 0.3) is 0 Å². The molecular formula is C14H24N2O3S. The van der Waals surface area contributed by atoms with E-state index in [0.29, 0.717) is 24.8 Å². The Morgan fingerprint density at radius 3 is 2.30 bits per heavy atom. The van der Waals surface area contributed by atoms with Crippen LogP contribution in [0.4, 0.5) is 4.79 Å². The highest BCUT2D eigenvalue weighted by atomic mass is 32.2. The minimum atomic E-state index is -0.873. The Labute approximate surface area is 124 Å². The number of carboxylic acid groups (broad SMARTS) is 1. The fraction of sp³-hybridized carbons (Fsp3) is 0.857. The van der Waals surface area contributed by atoms with Crippen molar-refractivity contribution in [3.05, 3.63) is 0 Å². The normalized spacial score (nSPS) is 25.8. The van der Waals surface area contributed by atoms with E-state index in [4.69, 9.17) is 0 Å². The van der Waals surface area contributed by atoms with Gasteiger partial charge in [-0.2, -0.15) is 0 Å². The largest absolute Gasteiger partial charge is 0.480 e. The van der Waals surface area contributed by atoms with Crippen LogP contribution >= 0.6 is 11.8 Å². The lowest BCUT2D eigenvalue weighted by Gasteiger charge is -2.33. The second-order valence-corrected chi connectivity index (χ2v) is 6.74. The van der Waals surface area contributed by atoms with Gasteiger partial charge in [-0.1, -0.05) is 13.8 Å². The van der Waals surface area contributed by atoms with Gasteiger partial charge in [0.05, 0.1) is 5.37 Å². The van der Waals surface area contributed by atoms with Crippen LogP contribution in [0.2, 0.25) is 0 Å². The first-order chi connectivity index (χ1) is 9.60. The lowest BCUT2D eigenvalue weighted by molar-refractivity contribution is -0.141. The minimum Gasteiger partial charge on any atom is -0.480 e. The number of nitrogens with zero attached hydrogens (tertiary/aromatic N) is 2. The van der Waals surface area contributed by atoms with Gasteiger partial charge in [0, 0.05) is 18.8 Å². The molecule has 114 valence electrons. The number of rotatable bonds is 6. The predicted octanol–water partition coefficient (Wildman–Crippen LogP) is 2.47. The van der Waals surface area contributed by atoms with E-state index in [-0.39, 0.29) is 11.4 Å². The van der Waals surface area contributed by atoms with Crippen molar-refractivity contribution in [3.8, 4) is 0 Å². The van der Waals surface area contributed by atoms with Gasteiger partial charge in [-0.05, 0) is 31.6 Å². The summed E-state index contributed by atoms with van der Waals surface area (Å²) >= 11 is 1.64. The van der Waals surface area contributed by atoms with Gasteiger partial charge in [-0.3, -0.25) is 4.90 Å². The molecule has 0 aromatic carbocycles. The zero-order chi connectivity index (χ0) is 14.7. The van der Waals surface area contributed by atoms with Gasteiger partial charge in [-0.15, -0.1) is 11.8 Å². The first kappa shape index (κ1) is 15.5. The number of carbonyl (C=O) groups is 2. The van der Waals surface area contributed by atoms with Crippen LogP contribution < -0.4 is 0 Å². The molecule has 1 saturated carbocycles. The summed E-state index contributed by atoms with van der Waals surface area (Å²) in [4.78, 5) is 27.6. The number of aliphatic carboxylic acids is 1. The Morgan fingerprint density at radius 2 is 1.85 bits per heavy atom. The SMILES string of the molecule is CCCN(CCC)C(=O)N1C(C(=O)O)CSC1C1CC1. The molecule has 6 heteroatoms. The fourth-order valence-corrected chi connectivity index (χ4v) is 4.34. The van der Waals surface area contributed by atoms with Crippen molar-refractivity contribution >= 4 is 23.8 Å². The zero-order valence-corrected chi connectivity index (χ0v) is 13.1. The van der Waals surface area contributed by atoms with Crippen LogP contribution in [0.3, 0.4) is 0 Å². The van der Waals surface area contributed by atoms with Crippen molar-refractivity contribution in [2.75, 3.05) is 18.8 Å². The second kappa shape index (κ2) is 6.70. The molecular weight excluding hydrogens is 276 g/mol. The van der Waals surface area contributed by atoms with Gasteiger partial charge in [0.2, 0.25) is 0 Å². The van der Waals surface area contributed by atoms with Crippen LogP contribution in [0.1, 0.15) is 39.5 Å². The number of thioether (sulfide) groups is 1. The molecule has 2 unspecified atom stereocenters. The van der Waals surface area contributed by atoms with Gasteiger partial charge in [0.1, 0.15) is 6.04 Å². The zero-order valence-electron chi connectivity index (χ0n) is 12.2. The Morgan fingerprint density at radius 1 is 1.25 bits per heavy atom. The first-order valence-corrected chi connectivity index (χ1v) is 8.56. The molecule has 1 aliphatic heterocycles. The van der Waals surface area contributed by atoms with Crippen LogP contribution in [-0.4, -0.2) is 57.2 Å². The standard InChI is InChI=1S/C14H24N2O3S/c1-3-7-15(8-4-2)14(19)16-11(13(17)18)9-20-12(16)10-5-6-10/h10-12H,3-9H2,1-2H3,(H,17,18).